The number of halogens is 3. The van der Waals surface area contributed by atoms with Gasteiger partial charge in [-0.25, -0.2) is 14.8 Å². The van der Waals surface area contributed by atoms with Crippen LogP contribution in [0.1, 0.15) is 24.2 Å². The van der Waals surface area contributed by atoms with Gasteiger partial charge in [-0.2, -0.15) is 13.2 Å². The fraction of sp³-hybridized carbons (Fsp3) is 0.130. The van der Waals surface area contributed by atoms with E-state index in [4.69, 9.17) is 12.3 Å². The Balaban J connectivity index is 1.98. The van der Waals surface area contributed by atoms with Crippen LogP contribution in [0.4, 0.5) is 30.6 Å². The third-order valence-electron chi connectivity index (χ3n) is 5.10. The number of hydrogen-bond acceptors (Lipinski definition) is 5. The summed E-state index contributed by atoms with van der Waals surface area (Å²) in [5.41, 5.74) is 4.74. The molecule has 0 saturated heterocycles. The predicted molar refractivity (Wildman–Crippen MR) is 119 cm³/mol. The Morgan fingerprint density at radius 2 is 1.88 bits per heavy atom. The molecule has 33 heavy (non-hydrogen) atoms. The molecule has 3 N–H and O–H groups in total. The second-order valence-corrected chi connectivity index (χ2v) is 7.25. The lowest BCUT2D eigenvalue weighted by molar-refractivity contribution is -0.136. The third kappa shape index (κ3) is 4.08. The van der Waals surface area contributed by atoms with Gasteiger partial charge in [-0.15, -0.1) is 0 Å². The molecule has 2 aromatic heterocycles. The number of nitrogens with zero attached hydrogens (tertiary/aromatic N) is 4. The average Bonchev–Trinajstić information content (AvgIpc) is 2.78. The van der Waals surface area contributed by atoms with E-state index in [0.717, 1.165) is 6.07 Å². The summed E-state index contributed by atoms with van der Waals surface area (Å²) in [6, 6.07) is 12.9. The number of hydrogen-bond donors (Lipinski definition) is 2. The standard InChI is InChI=1S/C23H17F3N6O/c1-13(30-20-17(28-2)12-29-22(27)31-20)18-11-14-7-6-10-16(23(24,25)26)19(14)21(33)32(18)15-8-4-3-5-9-15/h3-13H,1H3,(H3,27,29,30,31)/t13-/m0/s1. The molecule has 1 atom stereocenters. The van der Waals surface area contributed by atoms with Gasteiger partial charge in [0.1, 0.15) is 5.82 Å². The molecule has 0 aliphatic carbocycles. The van der Waals surface area contributed by atoms with Gasteiger partial charge in [0.15, 0.2) is 0 Å². The average molecular weight is 450 g/mol. The number of rotatable bonds is 4. The van der Waals surface area contributed by atoms with Gasteiger partial charge in [-0.3, -0.25) is 9.36 Å². The number of nitrogens with two attached hydrogens (primary N) is 1. The molecule has 0 fully saturated rings. The lowest BCUT2D eigenvalue weighted by Gasteiger charge is -2.22. The minimum atomic E-state index is -4.69. The van der Waals surface area contributed by atoms with Gasteiger partial charge in [0.05, 0.1) is 23.6 Å². The van der Waals surface area contributed by atoms with Crippen molar-refractivity contribution in [3.8, 4) is 5.69 Å². The molecule has 0 spiro atoms. The molecule has 0 saturated carbocycles. The van der Waals surface area contributed by atoms with Crippen molar-refractivity contribution in [3.63, 3.8) is 0 Å². The molecule has 0 bridgehead atoms. The quantitative estimate of drug-likeness (QED) is 0.422. The first-order valence-electron chi connectivity index (χ1n) is 9.78. The van der Waals surface area contributed by atoms with Crippen LogP contribution in [-0.4, -0.2) is 14.5 Å². The highest BCUT2D eigenvalue weighted by Crippen LogP contribution is 2.35. The summed E-state index contributed by atoms with van der Waals surface area (Å²) in [5.74, 6) is 0.104. The van der Waals surface area contributed by atoms with E-state index in [1.807, 2.05) is 0 Å². The number of nitrogen functional groups attached to an aromatic ring is 1. The maximum Gasteiger partial charge on any atom is 0.417 e. The monoisotopic (exact) mass is 450 g/mol. The number of benzene rings is 2. The molecule has 2 aromatic carbocycles. The molecular formula is C23H17F3N6O. The summed E-state index contributed by atoms with van der Waals surface area (Å²) in [6.45, 7) is 9.02. The Morgan fingerprint density at radius 1 is 1.15 bits per heavy atom. The fourth-order valence-corrected chi connectivity index (χ4v) is 3.64. The van der Waals surface area contributed by atoms with E-state index in [1.165, 1.54) is 29.0 Å². The van der Waals surface area contributed by atoms with Crippen LogP contribution in [0.25, 0.3) is 21.3 Å². The summed E-state index contributed by atoms with van der Waals surface area (Å²) < 4.78 is 42.3. The van der Waals surface area contributed by atoms with Crippen molar-refractivity contribution in [2.45, 2.75) is 19.1 Å². The molecule has 0 amide bonds. The first kappa shape index (κ1) is 21.8. The van der Waals surface area contributed by atoms with Gasteiger partial charge in [-0.05, 0) is 36.6 Å². The van der Waals surface area contributed by atoms with Crippen LogP contribution in [0.5, 0.6) is 0 Å². The molecule has 0 radical (unpaired) electrons. The van der Waals surface area contributed by atoms with Crippen LogP contribution in [0.15, 0.2) is 65.6 Å². The Labute approximate surface area is 186 Å². The molecule has 0 unspecified atom stereocenters. The number of pyridine rings is 1. The molecule has 0 aliphatic rings. The Hall–Kier alpha value is -4.39. The van der Waals surface area contributed by atoms with Crippen LogP contribution >= 0.6 is 0 Å². The Kier molecular flexibility index (Phi) is 5.47. The molecule has 0 aliphatic heterocycles. The van der Waals surface area contributed by atoms with E-state index in [1.54, 1.807) is 37.3 Å². The van der Waals surface area contributed by atoms with Crippen LogP contribution in [0.3, 0.4) is 0 Å². The SMILES string of the molecule is [C-]#[N+]c1cnc(N)nc1N[C@@H](C)c1cc2cccc(C(F)(F)F)c2c(=O)n1-c1ccccc1. The van der Waals surface area contributed by atoms with Gasteiger partial charge < -0.3 is 11.1 Å². The normalized spacial score (nSPS) is 12.3. The van der Waals surface area contributed by atoms with Gasteiger partial charge in [0.25, 0.3) is 5.56 Å². The van der Waals surface area contributed by atoms with E-state index in [2.05, 4.69) is 20.1 Å². The lowest BCUT2D eigenvalue weighted by atomic mass is 10.0. The molecule has 166 valence electrons. The van der Waals surface area contributed by atoms with Crippen LogP contribution in [0.2, 0.25) is 0 Å². The summed E-state index contributed by atoms with van der Waals surface area (Å²) in [5, 5.41) is 2.77. The Morgan fingerprint density at radius 3 is 2.55 bits per heavy atom. The van der Waals surface area contributed by atoms with Gasteiger partial charge in [-0.1, -0.05) is 30.3 Å². The topological polar surface area (TPSA) is 90.2 Å². The highest BCUT2D eigenvalue weighted by molar-refractivity contribution is 5.86. The molecule has 4 rings (SSSR count). The van der Waals surface area contributed by atoms with Crippen molar-refractivity contribution >= 4 is 28.2 Å². The number of anilines is 2. The molecular weight excluding hydrogens is 433 g/mol. The van der Waals surface area contributed by atoms with E-state index in [9.17, 15) is 18.0 Å². The zero-order chi connectivity index (χ0) is 23.8. The maximum absolute atomic E-state index is 13.7. The van der Waals surface area contributed by atoms with Crippen LogP contribution in [0, 0.1) is 6.57 Å². The molecule has 4 aromatic rings. The summed E-state index contributed by atoms with van der Waals surface area (Å²) >= 11 is 0. The zero-order valence-electron chi connectivity index (χ0n) is 17.3. The number of fused-ring (bicyclic) bond motifs is 1. The first-order chi connectivity index (χ1) is 15.7. The van der Waals surface area contributed by atoms with Crippen molar-refractivity contribution in [2.24, 2.45) is 0 Å². The largest absolute Gasteiger partial charge is 0.417 e. The smallest absolute Gasteiger partial charge is 0.371 e. The predicted octanol–water partition coefficient (Wildman–Crippen LogP) is 5.11. The molecule has 10 heteroatoms. The summed E-state index contributed by atoms with van der Waals surface area (Å²) in [7, 11) is 0. The van der Waals surface area contributed by atoms with E-state index < -0.39 is 28.7 Å². The van der Waals surface area contributed by atoms with E-state index in [-0.39, 0.29) is 22.8 Å². The number of aromatic nitrogens is 3. The second-order valence-electron chi connectivity index (χ2n) is 7.25. The van der Waals surface area contributed by atoms with E-state index in [0.29, 0.717) is 11.4 Å². The highest BCUT2D eigenvalue weighted by atomic mass is 19.4. The first-order valence-corrected chi connectivity index (χ1v) is 9.78. The molecule has 2 heterocycles. The van der Waals surface area contributed by atoms with Gasteiger partial charge in [0, 0.05) is 17.6 Å². The minimum Gasteiger partial charge on any atom is -0.371 e. The maximum atomic E-state index is 13.7. The summed E-state index contributed by atoms with van der Waals surface area (Å²) in [6.07, 6.45) is -3.42. The molecule has 7 nitrogen and oxygen atoms in total. The number of alkyl halides is 3. The number of nitrogens with one attached hydrogen (secondary N) is 1. The Bertz CT molecular complexity index is 1440. The van der Waals surface area contributed by atoms with Crippen LogP contribution < -0.4 is 16.6 Å². The van der Waals surface area contributed by atoms with Crippen molar-refractivity contribution in [1.29, 1.82) is 0 Å². The van der Waals surface area contributed by atoms with Crippen molar-refractivity contribution in [3.05, 3.63) is 93.8 Å². The zero-order valence-corrected chi connectivity index (χ0v) is 17.3. The van der Waals surface area contributed by atoms with Crippen molar-refractivity contribution in [1.82, 2.24) is 14.5 Å². The van der Waals surface area contributed by atoms with Crippen molar-refractivity contribution in [2.75, 3.05) is 11.1 Å². The highest BCUT2D eigenvalue weighted by Gasteiger charge is 2.34. The second kappa shape index (κ2) is 8.27. The number of para-hydroxylation sites is 1. The van der Waals surface area contributed by atoms with E-state index >= 15 is 0 Å². The minimum absolute atomic E-state index is 0.0501. The van der Waals surface area contributed by atoms with Gasteiger partial charge in [0.2, 0.25) is 11.6 Å². The van der Waals surface area contributed by atoms with Crippen molar-refractivity contribution < 1.29 is 13.2 Å². The third-order valence-corrected chi connectivity index (χ3v) is 5.10. The fourth-order valence-electron chi connectivity index (χ4n) is 3.64. The van der Waals surface area contributed by atoms with Crippen LogP contribution in [-0.2, 0) is 6.18 Å². The lowest BCUT2D eigenvalue weighted by Crippen LogP contribution is -2.27. The van der Waals surface area contributed by atoms with Gasteiger partial charge >= 0.3 is 6.18 Å². The summed E-state index contributed by atoms with van der Waals surface area (Å²) in [4.78, 5) is 24.7.